The van der Waals surface area contributed by atoms with Crippen molar-refractivity contribution < 1.29 is 4.79 Å². The Labute approximate surface area is 132 Å². The van der Waals surface area contributed by atoms with Gasteiger partial charge in [-0.05, 0) is 31.4 Å². The molecule has 2 fully saturated rings. The lowest BCUT2D eigenvalue weighted by Crippen LogP contribution is -2.39. The minimum atomic E-state index is 0.141. The zero-order valence-corrected chi connectivity index (χ0v) is 13.3. The Morgan fingerprint density at radius 1 is 1.18 bits per heavy atom. The van der Waals surface area contributed by atoms with Crippen molar-refractivity contribution >= 4 is 17.3 Å². The van der Waals surface area contributed by atoms with Gasteiger partial charge in [-0.2, -0.15) is 5.10 Å². The minimum Gasteiger partial charge on any atom is -0.334 e. The first-order valence-electron chi connectivity index (χ1n) is 8.49. The van der Waals surface area contributed by atoms with Crippen LogP contribution in [0.25, 0.3) is 0 Å². The van der Waals surface area contributed by atoms with Crippen LogP contribution < -0.4 is 5.43 Å². The summed E-state index contributed by atoms with van der Waals surface area (Å²) in [7, 11) is 0. The van der Waals surface area contributed by atoms with E-state index in [-0.39, 0.29) is 11.8 Å². The van der Waals surface area contributed by atoms with Crippen molar-refractivity contribution in [2.24, 2.45) is 11.0 Å². The Bertz CT molecular complexity index is 535. The van der Waals surface area contributed by atoms with Gasteiger partial charge >= 0.3 is 0 Å². The number of carbonyl (C=O) groups excluding carboxylic acids is 1. The Kier molecular flexibility index (Phi) is 4.76. The van der Waals surface area contributed by atoms with Gasteiger partial charge < -0.3 is 4.90 Å². The molecule has 2 aliphatic rings. The highest BCUT2D eigenvalue weighted by Gasteiger charge is 2.39. The average molecular weight is 299 g/mol. The number of anilines is 1. The third kappa shape index (κ3) is 3.16. The van der Waals surface area contributed by atoms with Gasteiger partial charge in [0.1, 0.15) is 5.71 Å². The van der Waals surface area contributed by atoms with E-state index in [9.17, 15) is 4.79 Å². The second-order valence-electron chi connectivity index (χ2n) is 6.33. The van der Waals surface area contributed by atoms with E-state index in [0.717, 1.165) is 31.5 Å². The van der Waals surface area contributed by atoms with E-state index in [4.69, 9.17) is 0 Å². The number of nitrogens with one attached hydrogen (secondary N) is 1. The normalized spacial score (nSPS) is 25.0. The van der Waals surface area contributed by atoms with Gasteiger partial charge in [0.25, 0.3) is 5.91 Å². The molecule has 4 heteroatoms. The number of nitrogens with zero attached hydrogens (tertiary/aromatic N) is 2. The zero-order valence-electron chi connectivity index (χ0n) is 13.3. The van der Waals surface area contributed by atoms with Gasteiger partial charge in [0.15, 0.2) is 0 Å². The number of likely N-dealkylation sites (tertiary alicyclic amines) is 1. The van der Waals surface area contributed by atoms with Crippen molar-refractivity contribution in [3.05, 3.63) is 30.3 Å². The van der Waals surface area contributed by atoms with E-state index < -0.39 is 0 Å². The fourth-order valence-corrected chi connectivity index (χ4v) is 3.54. The maximum atomic E-state index is 12.8. The molecule has 0 radical (unpaired) electrons. The van der Waals surface area contributed by atoms with Crippen LogP contribution in [-0.2, 0) is 4.79 Å². The fraction of sp³-hybridized carbons (Fsp3) is 0.556. The lowest BCUT2D eigenvalue weighted by atomic mass is 9.94. The maximum absolute atomic E-state index is 12.8. The van der Waals surface area contributed by atoms with E-state index in [1.54, 1.807) is 0 Å². The van der Waals surface area contributed by atoms with Crippen molar-refractivity contribution in [3.8, 4) is 0 Å². The average Bonchev–Trinajstić information content (AvgIpc) is 2.90. The van der Waals surface area contributed by atoms with Crippen molar-refractivity contribution in [2.75, 3.05) is 12.0 Å². The van der Waals surface area contributed by atoms with Gasteiger partial charge in [0.2, 0.25) is 0 Å². The number of para-hydroxylation sites is 1. The molecule has 118 valence electrons. The molecule has 1 saturated heterocycles. The summed E-state index contributed by atoms with van der Waals surface area (Å²) in [5, 5.41) is 4.45. The summed E-state index contributed by atoms with van der Waals surface area (Å²) in [6.07, 6.45) is 7.08. The number of carbonyl (C=O) groups is 1. The summed E-state index contributed by atoms with van der Waals surface area (Å²) in [6, 6.07) is 10.3. The fourth-order valence-electron chi connectivity index (χ4n) is 3.54. The van der Waals surface area contributed by atoms with Gasteiger partial charge in [0, 0.05) is 18.5 Å². The zero-order chi connectivity index (χ0) is 15.4. The number of hydrazone groups is 1. The predicted octanol–water partition coefficient (Wildman–Crippen LogP) is 3.66. The molecule has 0 unspecified atom stereocenters. The first kappa shape index (κ1) is 15.1. The Balaban J connectivity index is 1.73. The van der Waals surface area contributed by atoms with E-state index in [0.29, 0.717) is 11.8 Å². The topological polar surface area (TPSA) is 44.7 Å². The molecule has 1 aliphatic heterocycles. The standard InChI is InChI=1S/C18H25N3O/c1-2-14-13-21(16-11-7-4-8-12-16)18(22)17(14)20-19-15-9-5-3-6-10-15/h3,5-6,9-10,14,16,19H,2,4,7-8,11-13H2,1H3/b20-17+/t14-/m0/s1. The first-order valence-corrected chi connectivity index (χ1v) is 8.49. The maximum Gasteiger partial charge on any atom is 0.270 e. The molecular formula is C18H25N3O. The Hall–Kier alpha value is -1.84. The van der Waals surface area contributed by atoms with Crippen LogP contribution in [0.1, 0.15) is 45.4 Å². The van der Waals surface area contributed by atoms with Crippen LogP contribution in [0.15, 0.2) is 35.4 Å². The molecule has 1 amide bonds. The van der Waals surface area contributed by atoms with Crippen LogP contribution in [0.4, 0.5) is 5.69 Å². The molecular weight excluding hydrogens is 274 g/mol. The molecule has 22 heavy (non-hydrogen) atoms. The molecule has 1 atom stereocenters. The van der Waals surface area contributed by atoms with Crippen LogP contribution in [-0.4, -0.2) is 29.1 Å². The van der Waals surface area contributed by atoms with Crippen LogP contribution >= 0.6 is 0 Å². The molecule has 4 nitrogen and oxygen atoms in total. The SMILES string of the molecule is CC[C@H]1CN(C2CCCCC2)C(=O)/C1=N/Nc1ccccc1. The summed E-state index contributed by atoms with van der Waals surface area (Å²) in [5.41, 5.74) is 4.68. The quantitative estimate of drug-likeness (QED) is 0.862. The van der Waals surface area contributed by atoms with Crippen LogP contribution in [0.5, 0.6) is 0 Å². The van der Waals surface area contributed by atoms with E-state index in [1.165, 1.54) is 19.3 Å². The summed E-state index contributed by atoms with van der Waals surface area (Å²) >= 11 is 0. The summed E-state index contributed by atoms with van der Waals surface area (Å²) in [4.78, 5) is 14.8. The van der Waals surface area contributed by atoms with Crippen molar-refractivity contribution in [2.45, 2.75) is 51.5 Å². The number of amides is 1. The number of rotatable bonds is 4. The molecule has 1 aromatic rings. The predicted molar refractivity (Wildman–Crippen MR) is 89.9 cm³/mol. The molecule has 0 spiro atoms. The van der Waals surface area contributed by atoms with Gasteiger partial charge in [-0.25, -0.2) is 0 Å². The molecule has 3 rings (SSSR count). The lowest BCUT2D eigenvalue weighted by molar-refractivity contribution is -0.125. The number of hydrogen-bond acceptors (Lipinski definition) is 3. The van der Waals surface area contributed by atoms with Gasteiger partial charge in [0.05, 0.1) is 5.69 Å². The van der Waals surface area contributed by atoms with Gasteiger partial charge in [-0.3, -0.25) is 10.2 Å². The highest BCUT2D eigenvalue weighted by Crippen LogP contribution is 2.28. The third-order valence-electron chi connectivity index (χ3n) is 4.87. The first-order chi connectivity index (χ1) is 10.8. The Morgan fingerprint density at radius 3 is 2.59 bits per heavy atom. The lowest BCUT2D eigenvalue weighted by Gasteiger charge is -2.30. The second-order valence-corrected chi connectivity index (χ2v) is 6.33. The minimum absolute atomic E-state index is 0.141. The van der Waals surface area contributed by atoms with Crippen molar-refractivity contribution in [1.82, 2.24) is 4.90 Å². The van der Waals surface area contributed by atoms with Crippen LogP contribution in [0, 0.1) is 5.92 Å². The van der Waals surface area contributed by atoms with Crippen LogP contribution in [0.3, 0.4) is 0 Å². The van der Waals surface area contributed by atoms with Gasteiger partial charge in [-0.1, -0.05) is 44.4 Å². The van der Waals surface area contributed by atoms with E-state index >= 15 is 0 Å². The van der Waals surface area contributed by atoms with E-state index in [2.05, 4.69) is 22.4 Å². The van der Waals surface area contributed by atoms with Crippen molar-refractivity contribution in [1.29, 1.82) is 0 Å². The highest BCUT2D eigenvalue weighted by molar-refractivity contribution is 6.41. The molecule has 1 aliphatic carbocycles. The number of benzene rings is 1. The van der Waals surface area contributed by atoms with Crippen molar-refractivity contribution in [3.63, 3.8) is 0 Å². The van der Waals surface area contributed by atoms with Gasteiger partial charge in [-0.15, -0.1) is 0 Å². The Morgan fingerprint density at radius 2 is 1.91 bits per heavy atom. The van der Waals surface area contributed by atoms with E-state index in [1.807, 2.05) is 30.3 Å². The summed E-state index contributed by atoms with van der Waals surface area (Å²) in [6.45, 7) is 2.98. The molecule has 1 aromatic carbocycles. The number of hydrogen-bond donors (Lipinski definition) is 1. The van der Waals surface area contributed by atoms with Crippen LogP contribution in [0.2, 0.25) is 0 Å². The smallest absolute Gasteiger partial charge is 0.270 e. The summed E-state index contributed by atoms with van der Waals surface area (Å²) < 4.78 is 0. The largest absolute Gasteiger partial charge is 0.334 e. The summed E-state index contributed by atoms with van der Waals surface area (Å²) in [5.74, 6) is 0.396. The second kappa shape index (κ2) is 6.95. The molecule has 0 aromatic heterocycles. The molecule has 0 bridgehead atoms. The molecule has 1 saturated carbocycles. The molecule has 1 heterocycles. The monoisotopic (exact) mass is 299 g/mol. The highest BCUT2D eigenvalue weighted by atomic mass is 16.2. The third-order valence-corrected chi connectivity index (χ3v) is 4.87. The molecule has 1 N–H and O–H groups in total.